The van der Waals surface area contributed by atoms with Gasteiger partial charge in [-0.05, 0) is 35.4 Å². The highest BCUT2D eigenvalue weighted by Gasteiger charge is 2.22. The second-order valence-electron chi connectivity index (χ2n) is 5.88. The van der Waals surface area contributed by atoms with Crippen LogP contribution in [0.25, 0.3) is 0 Å². The Labute approximate surface area is 148 Å². The van der Waals surface area contributed by atoms with Crippen LogP contribution in [0.3, 0.4) is 0 Å². The Morgan fingerprint density at radius 2 is 1.96 bits per heavy atom. The fraction of sp³-hybridized carbons (Fsp3) is 0.158. The lowest BCUT2D eigenvalue weighted by molar-refractivity contribution is -0.121. The zero-order valence-electron chi connectivity index (χ0n) is 13.9. The molecule has 26 heavy (non-hydrogen) atoms. The van der Waals surface area contributed by atoms with Crippen LogP contribution in [0.2, 0.25) is 0 Å². The number of hydrogen-bond donors (Lipinski definition) is 1. The third-order valence-electron chi connectivity index (χ3n) is 3.95. The molecule has 1 N–H and O–H groups in total. The number of hydrogen-bond acceptors (Lipinski definition) is 2. The molecule has 1 aromatic heterocycles. The molecular weight excluding hydrogens is 343 g/mol. The Hall–Kier alpha value is -3.09. The second-order valence-corrected chi connectivity index (χ2v) is 5.88. The van der Waals surface area contributed by atoms with Crippen LogP contribution < -0.4 is 5.32 Å². The smallest absolute Gasteiger partial charge is 0.225 e. The van der Waals surface area contributed by atoms with E-state index >= 15 is 0 Å². The van der Waals surface area contributed by atoms with Crippen molar-refractivity contribution in [2.75, 3.05) is 0 Å². The summed E-state index contributed by atoms with van der Waals surface area (Å²) in [6, 6.07) is 8.36. The Bertz CT molecular complexity index is 939. The largest absolute Gasteiger partial charge is 0.342 e. The van der Waals surface area contributed by atoms with Crippen molar-refractivity contribution in [3.63, 3.8) is 0 Å². The number of rotatable bonds is 5. The van der Waals surface area contributed by atoms with E-state index in [1.807, 2.05) is 0 Å². The quantitative estimate of drug-likeness (QED) is 0.760. The molecule has 0 aliphatic carbocycles. The molecule has 0 saturated carbocycles. The fourth-order valence-electron chi connectivity index (χ4n) is 2.69. The molecule has 0 spiro atoms. The van der Waals surface area contributed by atoms with E-state index in [0.29, 0.717) is 17.0 Å². The molecule has 0 saturated heterocycles. The standard InChI is InChI=1S/C19H16F3N3O/c1-25-8-7-23-19(25)18(13-5-6-15(21)16(22)11-13)24-17(26)10-12-3-2-4-14(20)9-12/h2-9,11,18H,10H2,1H3,(H,24,26). The zero-order chi connectivity index (χ0) is 18.7. The number of nitrogens with zero attached hydrogens (tertiary/aromatic N) is 2. The molecule has 0 aliphatic rings. The van der Waals surface area contributed by atoms with Gasteiger partial charge in [-0.1, -0.05) is 18.2 Å². The number of aryl methyl sites for hydroxylation is 1. The first kappa shape index (κ1) is 17.7. The minimum atomic E-state index is -1.01. The molecule has 1 amide bonds. The van der Waals surface area contributed by atoms with E-state index in [4.69, 9.17) is 0 Å². The summed E-state index contributed by atoms with van der Waals surface area (Å²) in [6.07, 6.45) is 3.17. The number of imidazole rings is 1. The van der Waals surface area contributed by atoms with E-state index in [1.165, 1.54) is 24.3 Å². The third kappa shape index (κ3) is 3.93. The number of amides is 1. The van der Waals surface area contributed by atoms with E-state index in [9.17, 15) is 18.0 Å². The summed E-state index contributed by atoms with van der Waals surface area (Å²) in [5, 5.41) is 2.76. The molecular formula is C19H16F3N3O. The predicted octanol–water partition coefficient (Wildman–Crippen LogP) is 3.29. The van der Waals surface area contributed by atoms with Gasteiger partial charge in [-0.25, -0.2) is 18.2 Å². The lowest BCUT2D eigenvalue weighted by atomic mass is 10.0. The first-order valence-electron chi connectivity index (χ1n) is 7.90. The Morgan fingerprint density at radius 3 is 2.62 bits per heavy atom. The van der Waals surface area contributed by atoms with E-state index in [0.717, 1.165) is 12.1 Å². The second kappa shape index (κ2) is 7.43. The van der Waals surface area contributed by atoms with Gasteiger partial charge in [0.05, 0.1) is 6.42 Å². The third-order valence-corrected chi connectivity index (χ3v) is 3.95. The maximum absolute atomic E-state index is 13.7. The van der Waals surface area contributed by atoms with E-state index in [-0.39, 0.29) is 6.42 Å². The van der Waals surface area contributed by atoms with Gasteiger partial charge in [0.25, 0.3) is 0 Å². The average molecular weight is 359 g/mol. The van der Waals surface area contributed by atoms with Gasteiger partial charge in [0.15, 0.2) is 11.6 Å². The van der Waals surface area contributed by atoms with Crippen molar-refractivity contribution in [3.05, 3.63) is 89.3 Å². The molecule has 0 radical (unpaired) electrons. The van der Waals surface area contributed by atoms with Crippen LogP contribution in [0.15, 0.2) is 54.9 Å². The summed E-state index contributed by atoms with van der Waals surface area (Å²) in [7, 11) is 1.73. The van der Waals surface area contributed by atoms with Gasteiger partial charge in [-0.3, -0.25) is 4.79 Å². The first-order valence-corrected chi connectivity index (χ1v) is 7.90. The van der Waals surface area contributed by atoms with Crippen LogP contribution in [-0.2, 0) is 18.3 Å². The molecule has 2 aromatic carbocycles. The fourth-order valence-corrected chi connectivity index (χ4v) is 2.69. The lowest BCUT2D eigenvalue weighted by Gasteiger charge is -2.19. The van der Waals surface area contributed by atoms with Gasteiger partial charge in [0.2, 0.25) is 5.91 Å². The predicted molar refractivity (Wildman–Crippen MR) is 89.7 cm³/mol. The summed E-state index contributed by atoms with van der Waals surface area (Å²) in [6.45, 7) is 0. The van der Waals surface area contributed by atoms with Gasteiger partial charge in [0.1, 0.15) is 17.7 Å². The molecule has 0 fully saturated rings. The van der Waals surface area contributed by atoms with Gasteiger partial charge >= 0.3 is 0 Å². The van der Waals surface area contributed by atoms with Crippen molar-refractivity contribution in [1.82, 2.24) is 14.9 Å². The molecule has 1 unspecified atom stereocenters. The van der Waals surface area contributed by atoms with Gasteiger partial charge in [-0.2, -0.15) is 0 Å². The zero-order valence-corrected chi connectivity index (χ0v) is 13.9. The van der Waals surface area contributed by atoms with E-state index < -0.39 is 29.4 Å². The molecule has 4 nitrogen and oxygen atoms in total. The summed E-state index contributed by atoms with van der Waals surface area (Å²) in [5.41, 5.74) is 0.858. The van der Waals surface area contributed by atoms with Crippen molar-refractivity contribution in [3.8, 4) is 0 Å². The van der Waals surface area contributed by atoms with E-state index in [1.54, 1.807) is 30.1 Å². The topological polar surface area (TPSA) is 46.9 Å². The normalized spacial score (nSPS) is 12.0. The number of nitrogens with one attached hydrogen (secondary N) is 1. The van der Waals surface area contributed by atoms with E-state index in [2.05, 4.69) is 10.3 Å². The minimum Gasteiger partial charge on any atom is -0.342 e. The summed E-state index contributed by atoms with van der Waals surface area (Å²) < 4.78 is 41.9. The van der Waals surface area contributed by atoms with Crippen molar-refractivity contribution >= 4 is 5.91 Å². The number of aromatic nitrogens is 2. The number of carbonyl (C=O) groups is 1. The van der Waals surface area contributed by atoms with Crippen LogP contribution in [0, 0.1) is 17.5 Å². The first-order chi connectivity index (χ1) is 12.4. The van der Waals surface area contributed by atoms with Gasteiger partial charge in [-0.15, -0.1) is 0 Å². The van der Waals surface area contributed by atoms with Gasteiger partial charge < -0.3 is 9.88 Å². The molecule has 3 aromatic rings. The molecule has 1 atom stereocenters. The maximum Gasteiger partial charge on any atom is 0.225 e. The molecule has 1 heterocycles. The van der Waals surface area contributed by atoms with Crippen molar-refractivity contribution in [1.29, 1.82) is 0 Å². The van der Waals surface area contributed by atoms with Gasteiger partial charge in [0, 0.05) is 19.4 Å². The summed E-state index contributed by atoms with van der Waals surface area (Å²) >= 11 is 0. The molecule has 0 aliphatic heterocycles. The van der Waals surface area contributed by atoms with Crippen molar-refractivity contribution in [2.24, 2.45) is 7.05 Å². The Kier molecular flexibility index (Phi) is 5.06. The average Bonchev–Trinajstić information content (AvgIpc) is 3.01. The van der Waals surface area contributed by atoms with Crippen LogP contribution in [0.4, 0.5) is 13.2 Å². The van der Waals surface area contributed by atoms with Crippen molar-refractivity contribution < 1.29 is 18.0 Å². The Balaban J connectivity index is 1.87. The number of halogens is 3. The summed E-state index contributed by atoms with van der Waals surface area (Å²) in [5.74, 6) is -2.35. The molecule has 134 valence electrons. The van der Waals surface area contributed by atoms with Crippen LogP contribution in [-0.4, -0.2) is 15.5 Å². The highest BCUT2D eigenvalue weighted by molar-refractivity contribution is 5.79. The van der Waals surface area contributed by atoms with Crippen LogP contribution >= 0.6 is 0 Å². The lowest BCUT2D eigenvalue weighted by Crippen LogP contribution is -2.32. The highest BCUT2D eigenvalue weighted by atomic mass is 19.2. The van der Waals surface area contributed by atoms with Crippen LogP contribution in [0.5, 0.6) is 0 Å². The SMILES string of the molecule is Cn1ccnc1C(NC(=O)Cc1cccc(F)c1)c1ccc(F)c(F)c1. The highest BCUT2D eigenvalue weighted by Crippen LogP contribution is 2.22. The number of benzene rings is 2. The van der Waals surface area contributed by atoms with Crippen LogP contribution in [0.1, 0.15) is 23.0 Å². The molecule has 7 heteroatoms. The minimum absolute atomic E-state index is 0.0532. The monoisotopic (exact) mass is 359 g/mol. The maximum atomic E-state index is 13.7. The van der Waals surface area contributed by atoms with Crippen molar-refractivity contribution in [2.45, 2.75) is 12.5 Å². The molecule has 3 rings (SSSR count). The summed E-state index contributed by atoms with van der Waals surface area (Å²) in [4.78, 5) is 16.6. The Morgan fingerprint density at radius 1 is 1.15 bits per heavy atom. The number of carbonyl (C=O) groups excluding carboxylic acids is 1. The molecule has 0 bridgehead atoms.